The van der Waals surface area contributed by atoms with Gasteiger partial charge in [-0.05, 0) is 17.7 Å². The Morgan fingerprint density at radius 1 is 1.09 bits per heavy atom. The lowest BCUT2D eigenvalue weighted by atomic mass is 9.85. The van der Waals surface area contributed by atoms with Gasteiger partial charge in [0.25, 0.3) is 0 Å². The van der Waals surface area contributed by atoms with Crippen LogP contribution in [-0.2, 0) is 12.6 Å². The molecular weight excluding hydrogens is 319 g/mol. The molecule has 2 aromatic carbocycles. The zero-order valence-corrected chi connectivity index (χ0v) is 13.4. The molecule has 22 heavy (non-hydrogen) atoms. The molecule has 5 heteroatoms. The molecule has 1 atom stereocenters. The van der Waals surface area contributed by atoms with Gasteiger partial charge in [0.2, 0.25) is 0 Å². The molecule has 0 saturated heterocycles. The number of halogens is 2. The van der Waals surface area contributed by atoms with E-state index < -0.39 is 5.60 Å². The van der Waals surface area contributed by atoms with Crippen molar-refractivity contribution in [1.29, 1.82) is 0 Å². The summed E-state index contributed by atoms with van der Waals surface area (Å²) >= 11 is 12.3. The molecule has 3 rings (SSSR count). The van der Waals surface area contributed by atoms with Crippen LogP contribution in [0.2, 0.25) is 10.0 Å². The van der Waals surface area contributed by atoms with Gasteiger partial charge < -0.3 is 9.67 Å². The number of aliphatic hydroxyl groups is 1. The van der Waals surface area contributed by atoms with Crippen molar-refractivity contribution >= 4 is 23.2 Å². The number of hydrogen-bond acceptors (Lipinski definition) is 2. The average molecular weight is 333 g/mol. The van der Waals surface area contributed by atoms with E-state index in [1.807, 2.05) is 37.4 Å². The van der Waals surface area contributed by atoms with E-state index in [1.165, 1.54) is 0 Å². The molecule has 1 heterocycles. The van der Waals surface area contributed by atoms with E-state index in [1.54, 1.807) is 35.2 Å². The minimum absolute atomic E-state index is 0.391. The van der Waals surface area contributed by atoms with E-state index in [4.69, 9.17) is 23.2 Å². The first kappa shape index (κ1) is 15.1. The van der Waals surface area contributed by atoms with Crippen LogP contribution < -0.4 is 0 Å². The number of hydrogen-bond donors (Lipinski definition) is 1. The third-order valence-electron chi connectivity index (χ3n) is 3.66. The molecule has 3 nitrogen and oxygen atoms in total. The third-order valence-corrected chi connectivity index (χ3v) is 4.21. The molecule has 0 amide bonds. The lowest BCUT2D eigenvalue weighted by Gasteiger charge is -2.29. The van der Waals surface area contributed by atoms with E-state index in [0.29, 0.717) is 27.0 Å². The molecule has 0 aliphatic heterocycles. The average Bonchev–Trinajstić information content (AvgIpc) is 2.94. The highest BCUT2D eigenvalue weighted by Gasteiger charge is 2.39. The SMILES string of the molecule is Cn1ccnc1C(O)(c1ccccc1)c1ccc(Cl)cc1Cl. The second-order valence-corrected chi connectivity index (χ2v) is 5.91. The normalized spacial score (nSPS) is 13.8. The lowest BCUT2D eigenvalue weighted by molar-refractivity contribution is 0.112. The first-order valence-electron chi connectivity index (χ1n) is 6.74. The van der Waals surface area contributed by atoms with Crippen LogP contribution in [0.1, 0.15) is 17.0 Å². The van der Waals surface area contributed by atoms with Crippen molar-refractivity contribution in [3.8, 4) is 0 Å². The molecule has 0 bridgehead atoms. The summed E-state index contributed by atoms with van der Waals surface area (Å²) in [6.07, 6.45) is 3.43. The van der Waals surface area contributed by atoms with Crippen LogP contribution in [0.4, 0.5) is 0 Å². The molecule has 0 radical (unpaired) electrons. The van der Waals surface area contributed by atoms with E-state index in [9.17, 15) is 5.11 Å². The predicted molar refractivity (Wildman–Crippen MR) is 88.2 cm³/mol. The second kappa shape index (κ2) is 5.76. The van der Waals surface area contributed by atoms with Gasteiger partial charge in [-0.25, -0.2) is 4.98 Å². The highest BCUT2D eigenvalue weighted by atomic mass is 35.5. The molecule has 1 N–H and O–H groups in total. The van der Waals surface area contributed by atoms with Crippen molar-refractivity contribution in [3.63, 3.8) is 0 Å². The first-order valence-corrected chi connectivity index (χ1v) is 7.50. The molecule has 0 saturated carbocycles. The Morgan fingerprint density at radius 3 is 2.41 bits per heavy atom. The first-order chi connectivity index (χ1) is 10.5. The Kier molecular flexibility index (Phi) is 3.96. The van der Waals surface area contributed by atoms with Gasteiger partial charge in [-0.2, -0.15) is 0 Å². The van der Waals surface area contributed by atoms with Gasteiger partial charge in [0.1, 0.15) is 5.82 Å². The van der Waals surface area contributed by atoms with Gasteiger partial charge in [-0.15, -0.1) is 0 Å². The Hall–Kier alpha value is -1.81. The number of aryl methyl sites for hydroxylation is 1. The maximum absolute atomic E-state index is 11.6. The summed E-state index contributed by atoms with van der Waals surface area (Å²) in [7, 11) is 1.83. The van der Waals surface area contributed by atoms with Crippen molar-refractivity contribution in [2.45, 2.75) is 5.60 Å². The smallest absolute Gasteiger partial charge is 0.174 e. The van der Waals surface area contributed by atoms with E-state index >= 15 is 0 Å². The molecule has 1 aromatic heterocycles. The van der Waals surface area contributed by atoms with Gasteiger partial charge in [-0.3, -0.25) is 0 Å². The fraction of sp³-hybridized carbons (Fsp3) is 0.118. The van der Waals surface area contributed by atoms with Crippen LogP contribution in [0.25, 0.3) is 0 Å². The zero-order valence-electron chi connectivity index (χ0n) is 11.9. The van der Waals surface area contributed by atoms with Crippen molar-refractivity contribution in [2.75, 3.05) is 0 Å². The summed E-state index contributed by atoms with van der Waals surface area (Å²) in [5.41, 5.74) is -0.228. The Morgan fingerprint density at radius 2 is 1.82 bits per heavy atom. The van der Waals surface area contributed by atoms with Gasteiger partial charge in [0.05, 0.1) is 0 Å². The molecule has 0 aliphatic rings. The van der Waals surface area contributed by atoms with Crippen molar-refractivity contribution < 1.29 is 5.11 Å². The maximum Gasteiger partial charge on any atom is 0.174 e. The highest BCUT2D eigenvalue weighted by Crippen LogP contribution is 2.39. The molecule has 0 fully saturated rings. The Balaban J connectivity index is 2.31. The van der Waals surface area contributed by atoms with Gasteiger partial charge in [0, 0.05) is 35.1 Å². The fourth-order valence-electron chi connectivity index (χ4n) is 2.58. The molecule has 112 valence electrons. The van der Waals surface area contributed by atoms with Gasteiger partial charge in [-0.1, -0.05) is 59.6 Å². The van der Waals surface area contributed by atoms with Gasteiger partial charge >= 0.3 is 0 Å². The Labute approximate surface area is 138 Å². The maximum atomic E-state index is 11.6. The van der Waals surface area contributed by atoms with Crippen LogP contribution in [0.3, 0.4) is 0 Å². The molecule has 0 aliphatic carbocycles. The topological polar surface area (TPSA) is 38.0 Å². The minimum atomic E-state index is -1.46. The van der Waals surface area contributed by atoms with Crippen LogP contribution in [0, 0.1) is 0 Å². The van der Waals surface area contributed by atoms with Crippen molar-refractivity contribution in [2.24, 2.45) is 7.05 Å². The summed E-state index contributed by atoms with van der Waals surface area (Å²) < 4.78 is 1.78. The second-order valence-electron chi connectivity index (χ2n) is 5.06. The van der Waals surface area contributed by atoms with Crippen LogP contribution in [0.5, 0.6) is 0 Å². The van der Waals surface area contributed by atoms with Gasteiger partial charge in [0.15, 0.2) is 5.60 Å². The lowest BCUT2D eigenvalue weighted by Crippen LogP contribution is -2.32. The monoisotopic (exact) mass is 332 g/mol. The van der Waals surface area contributed by atoms with Crippen LogP contribution >= 0.6 is 23.2 Å². The standard InChI is InChI=1S/C17H14Cl2N2O/c1-21-10-9-20-16(21)17(22,12-5-3-2-4-6-12)14-8-7-13(18)11-15(14)19/h2-11,22H,1H3. The van der Waals surface area contributed by atoms with E-state index in [2.05, 4.69) is 4.98 Å². The minimum Gasteiger partial charge on any atom is -0.373 e. The molecule has 3 aromatic rings. The quantitative estimate of drug-likeness (QED) is 0.786. The third kappa shape index (κ3) is 2.41. The number of aromatic nitrogens is 2. The number of benzene rings is 2. The number of imidazole rings is 1. The zero-order chi connectivity index (χ0) is 15.7. The molecule has 1 unspecified atom stereocenters. The number of rotatable bonds is 3. The molecular formula is C17H14Cl2N2O. The van der Waals surface area contributed by atoms with Crippen LogP contribution in [0.15, 0.2) is 60.9 Å². The fourth-order valence-corrected chi connectivity index (χ4v) is 3.13. The highest BCUT2D eigenvalue weighted by molar-refractivity contribution is 6.35. The van der Waals surface area contributed by atoms with Crippen molar-refractivity contribution in [1.82, 2.24) is 9.55 Å². The summed E-state index contributed by atoms with van der Waals surface area (Å²) in [6.45, 7) is 0. The predicted octanol–water partition coefficient (Wildman–Crippen LogP) is 4.01. The summed E-state index contributed by atoms with van der Waals surface area (Å²) in [5.74, 6) is 0.489. The Bertz CT molecular complexity index is 801. The number of nitrogens with zero attached hydrogens (tertiary/aromatic N) is 2. The largest absolute Gasteiger partial charge is 0.373 e. The van der Waals surface area contributed by atoms with E-state index in [-0.39, 0.29) is 0 Å². The van der Waals surface area contributed by atoms with Crippen molar-refractivity contribution in [3.05, 3.63) is 87.9 Å². The van der Waals surface area contributed by atoms with E-state index in [0.717, 1.165) is 0 Å². The van der Waals surface area contributed by atoms with Crippen LogP contribution in [-0.4, -0.2) is 14.7 Å². The summed E-state index contributed by atoms with van der Waals surface area (Å²) in [5, 5.41) is 12.5. The summed E-state index contributed by atoms with van der Waals surface area (Å²) in [4.78, 5) is 4.33. The molecule has 0 spiro atoms. The summed E-state index contributed by atoms with van der Waals surface area (Å²) in [6, 6.07) is 14.4.